The van der Waals surface area contributed by atoms with Gasteiger partial charge in [-0.25, -0.2) is 14.3 Å². The zero-order valence-electron chi connectivity index (χ0n) is 11.8. The van der Waals surface area contributed by atoms with Crippen molar-refractivity contribution in [1.29, 1.82) is 0 Å². The summed E-state index contributed by atoms with van der Waals surface area (Å²) in [6.07, 6.45) is 2.98. The molecule has 8 heteroatoms. The molecule has 3 rings (SSSR count). The number of nitrogens with one attached hydrogen (secondary N) is 1. The van der Waals surface area contributed by atoms with Gasteiger partial charge in [-0.15, -0.1) is 0 Å². The Hall–Kier alpha value is -2.67. The van der Waals surface area contributed by atoms with Crippen molar-refractivity contribution in [2.75, 3.05) is 7.11 Å². The molecule has 1 aromatic carbocycles. The largest absolute Gasteiger partial charge is 0.496 e. The Kier molecular flexibility index (Phi) is 3.42. The van der Waals surface area contributed by atoms with Crippen molar-refractivity contribution in [3.63, 3.8) is 0 Å². The molecule has 0 aliphatic heterocycles. The lowest BCUT2D eigenvalue weighted by atomic mass is 10.2. The van der Waals surface area contributed by atoms with E-state index in [9.17, 15) is 9.59 Å². The van der Waals surface area contributed by atoms with Gasteiger partial charge >= 0.3 is 5.69 Å². The number of hydrogen-bond acceptors (Lipinski definition) is 5. The summed E-state index contributed by atoms with van der Waals surface area (Å²) in [6.45, 7) is 1.72. The van der Waals surface area contributed by atoms with Gasteiger partial charge in [0.25, 0.3) is 5.56 Å². The number of H-pyrrole nitrogens is 1. The smallest absolute Gasteiger partial charge is 0.334 e. The molecule has 0 atom stereocenters. The highest BCUT2D eigenvalue weighted by atomic mass is 35.5. The molecule has 0 unspecified atom stereocenters. The third-order valence-electron chi connectivity index (χ3n) is 3.22. The third kappa shape index (κ3) is 2.15. The molecule has 1 N–H and O–H groups in total. The van der Waals surface area contributed by atoms with Gasteiger partial charge in [0.05, 0.1) is 18.3 Å². The van der Waals surface area contributed by atoms with Crippen molar-refractivity contribution < 1.29 is 4.74 Å². The topological polar surface area (TPSA) is 89.9 Å². The van der Waals surface area contributed by atoms with Crippen LogP contribution in [0.25, 0.3) is 16.7 Å². The van der Waals surface area contributed by atoms with E-state index in [2.05, 4.69) is 15.0 Å². The Morgan fingerprint density at radius 3 is 2.64 bits per heavy atom. The van der Waals surface area contributed by atoms with Gasteiger partial charge in [-0.05, 0) is 19.1 Å². The van der Waals surface area contributed by atoms with Crippen molar-refractivity contribution in [3.05, 3.63) is 56.1 Å². The van der Waals surface area contributed by atoms with Crippen LogP contribution in [0, 0.1) is 6.92 Å². The second kappa shape index (κ2) is 5.27. The lowest BCUT2D eigenvalue weighted by molar-refractivity contribution is 0.419. The predicted octanol–water partition coefficient (Wildman–Crippen LogP) is 1.44. The van der Waals surface area contributed by atoms with Crippen LogP contribution in [-0.2, 0) is 0 Å². The summed E-state index contributed by atoms with van der Waals surface area (Å²) >= 11 is 6.06. The number of aromatic nitrogens is 4. The van der Waals surface area contributed by atoms with Gasteiger partial charge in [-0.1, -0.05) is 11.6 Å². The van der Waals surface area contributed by atoms with Gasteiger partial charge in [0.15, 0.2) is 5.82 Å². The van der Waals surface area contributed by atoms with Gasteiger partial charge in [-0.2, -0.15) is 0 Å². The van der Waals surface area contributed by atoms with E-state index in [0.29, 0.717) is 22.1 Å². The molecule has 0 radical (unpaired) electrons. The summed E-state index contributed by atoms with van der Waals surface area (Å²) in [5, 5.41) is 0.557. The van der Waals surface area contributed by atoms with Crippen molar-refractivity contribution in [1.82, 2.24) is 19.5 Å². The zero-order valence-corrected chi connectivity index (χ0v) is 12.5. The Labute approximate surface area is 129 Å². The minimum atomic E-state index is -0.620. The molecule has 0 aliphatic carbocycles. The lowest BCUT2D eigenvalue weighted by Crippen LogP contribution is -2.30. The number of aryl methyl sites for hydroxylation is 1. The minimum Gasteiger partial charge on any atom is -0.496 e. The first-order chi connectivity index (χ1) is 10.5. The van der Waals surface area contributed by atoms with Crippen LogP contribution < -0.4 is 16.0 Å². The van der Waals surface area contributed by atoms with Gasteiger partial charge < -0.3 is 4.74 Å². The number of rotatable bonds is 2. The van der Waals surface area contributed by atoms with E-state index in [4.69, 9.17) is 16.3 Å². The molecule has 0 amide bonds. The molecule has 0 saturated carbocycles. The third-order valence-corrected chi connectivity index (χ3v) is 3.44. The molecular weight excluding hydrogens is 308 g/mol. The van der Waals surface area contributed by atoms with Crippen molar-refractivity contribution in [2.24, 2.45) is 0 Å². The van der Waals surface area contributed by atoms with E-state index in [1.165, 1.54) is 36.2 Å². The molecule has 3 aromatic rings. The second-order valence-electron chi connectivity index (χ2n) is 4.56. The van der Waals surface area contributed by atoms with Crippen molar-refractivity contribution in [3.8, 4) is 11.6 Å². The maximum atomic E-state index is 12.3. The number of nitrogens with zero attached hydrogens (tertiary/aromatic N) is 3. The number of halogens is 1. The van der Waals surface area contributed by atoms with Crippen LogP contribution in [0.5, 0.6) is 5.75 Å². The summed E-state index contributed by atoms with van der Waals surface area (Å²) in [5.41, 5.74) is -0.324. The van der Waals surface area contributed by atoms with Crippen LogP contribution >= 0.6 is 11.6 Å². The number of benzene rings is 1. The second-order valence-corrected chi connectivity index (χ2v) is 5.00. The molecule has 22 heavy (non-hydrogen) atoms. The molecule has 0 saturated heterocycles. The molecule has 7 nitrogen and oxygen atoms in total. The highest BCUT2D eigenvalue weighted by Gasteiger charge is 2.16. The lowest BCUT2D eigenvalue weighted by Gasteiger charge is -2.12. The fourth-order valence-corrected chi connectivity index (χ4v) is 2.49. The Morgan fingerprint density at radius 2 is 1.95 bits per heavy atom. The minimum absolute atomic E-state index is 0.219. The summed E-state index contributed by atoms with van der Waals surface area (Å²) in [4.78, 5) is 34.9. The van der Waals surface area contributed by atoms with Crippen molar-refractivity contribution >= 4 is 22.5 Å². The van der Waals surface area contributed by atoms with Gasteiger partial charge in [0.2, 0.25) is 0 Å². The van der Waals surface area contributed by atoms with Crippen molar-refractivity contribution in [2.45, 2.75) is 6.92 Å². The Balaban J connectivity index is 2.56. The van der Waals surface area contributed by atoms with Crippen LogP contribution in [0.15, 0.2) is 34.1 Å². The zero-order chi connectivity index (χ0) is 15.9. The first-order valence-corrected chi connectivity index (χ1v) is 6.71. The van der Waals surface area contributed by atoms with Crippen LogP contribution in [-0.4, -0.2) is 26.6 Å². The summed E-state index contributed by atoms with van der Waals surface area (Å²) < 4.78 is 6.45. The monoisotopic (exact) mass is 318 g/mol. The van der Waals surface area contributed by atoms with Crippen LogP contribution in [0.2, 0.25) is 5.02 Å². The molecule has 112 valence electrons. The molecule has 2 heterocycles. The SMILES string of the molecule is COc1cc(Cl)cc2c1c(=O)[nH]c(=O)n2-c1nccnc1C. The van der Waals surface area contributed by atoms with E-state index in [1.807, 2.05) is 0 Å². The van der Waals surface area contributed by atoms with E-state index < -0.39 is 11.2 Å². The van der Waals surface area contributed by atoms with Crippen LogP contribution in [0.1, 0.15) is 5.69 Å². The summed E-state index contributed by atoms with van der Waals surface area (Å²) in [7, 11) is 1.42. The van der Waals surface area contributed by atoms with Gasteiger partial charge in [0.1, 0.15) is 11.1 Å². The average Bonchev–Trinajstić information content (AvgIpc) is 2.47. The number of aromatic amines is 1. The van der Waals surface area contributed by atoms with Gasteiger partial charge in [-0.3, -0.25) is 14.8 Å². The predicted molar refractivity (Wildman–Crippen MR) is 82.1 cm³/mol. The molecule has 0 fully saturated rings. The first kappa shape index (κ1) is 14.3. The highest BCUT2D eigenvalue weighted by molar-refractivity contribution is 6.31. The van der Waals surface area contributed by atoms with E-state index in [1.54, 1.807) is 6.92 Å². The normalized spacial score (nSPS) is 10.9. The fourth-order valence-electron chi connectivity index (χ4n) is 2.29. The van der Waals surface area contributed by atoms with Crippen LogP contribution in [0.3, 0.4) is 0 Å². The molecule has 2 aromatic heterocycles. The number of ether oxygens (including phenoxy) is 1. The maximum Gasteiger partial charge on any atom is 0.334 e. The Morgan fingerprint density at radius 1 is 1.23 bits per heavy atom. The number of fused-ring (bicyclic) bond motifs is 1. The molecule has 0 aliphatic rings. The fraction of sp³-hybridized carbons (Fsp3) is 0.143. The van der Waals surface area contributed by atoms with E-state index in [0.717, 1.165) is 0 Å². The summed E-state index contributed by atoms with van der Waals surface area (Å²) in [5.74, 6) is 0.595. The number of methoxy groups -OCH3 is 1. The molecule has 0 spiro atoms. The first-order valence-electron chi connectivity index (χ1n) is 6.33. The highest BCUT2D eigenvalue weighted by Crippen LogP contribution is 2.27. The standard InChI is InChI=1S/C14H11ClN4O3/c1-7-12(17-4-3-16-7)19-9-5-8(15)6-10(22-2)11(9)13(20)18-14(19)21/h3-6H,1-2H3,(H,18,20,21). The Bertz CT molecular complexity index is 994. The maximum absolute atomic E-state index is 12.3. The molecular formula is C14H11ClN4O3. The number of hydrogen-bond donors (Lipinski definition) is 1. The van der Waals surface area contributed by atoms with Gasteiger partial charge in [0, 0.05) is 17.4 Å². The quantitative estimate of drug-likeness (QED) is 0.772. The summed E-state index contributed by atoms with van der Waals surface area (Å²) in [6, 6.07) is 3.03. The van der Waals surface area contributed by atoms with Crippen LogP contribution in [0.4, 0.5) is 0 Å². The molecule has 0 bridgehead atoms. The van der Waals surface area contributed by atoms with E-state index >= 15 is 0 Å². The average molecular weight is 319 g/mol. The van der Waals surface area contributed by atoms with E-state index in [-0.39, 0.29) is 11.1 Å².